The van der Waals surface area contributed by atoms with Crippen molar-refractivity contribution in [2.24, 2.45) is 0 Å². The number of unbranched alkanes of at least 4 members (excludes halogenated alkanes) is 2. The van der Waals surface area contributed by atoms with Gasteiger partial charge in [-0.2, -0.15) is 0 Å². The van der Waals surface area contributed by atoms with Crippen molar-refractivity contribution in [1.82, 2.24) is 10.2 Å². The lowest BCUT2D eigenvalue weighted by molar-refractivity contribution is -0.136. The molecule has 0 saturated carbocycles. The van der Waals surface area contributed by atoms with E-state index in [0.29, 0.717) is 38.8 Å². The van der Waals surface area contributed by atoms with Gasteiger partial charge in [-0.05, 0) is 49.4 Å². The van der Waals surface area contributed by atoms with Crippen LogP contribution in [0.15, 0.2) is 48.5 Å². The van der Waals surface area contributed by atoms with E-state index in [9.17, 15) is 19.2 Å². The van der Waals surface area contributed by atoms with E-state index in [1.807, 2.05) is 30.3 Å². The van der Waals surface area contributed by atoms with Crippen LogP contribution in [-0.4, -0.2) is 61.0 Å². The highest BCUT2D eigenvalue weighted by Gasteiger charge is 2.44. The number of carbonyl (C=O) groups is 4. The molecule has 1 N–H and O–H groups in total. The molecule has 2 aromatic rings. The third-order valence-electron chi connectivity index (χ3n) is 6.10. The van der Waals surface area contributed by atoms with Crippen LogP contribution in [0.1, 0.15) is 58.4 Å². The van der Waals surface area contributed by atoms with E-state index in [1.165, 1.54) is 0 Å². The van der Waals surface area contributed by atoms with E-state index in [2.05, 4.69) is 5.32 Å². The molecule has 2 heterocycles. The minimum Gasteiger partial charge on any atom is -0.494 e. The predicted octanol–water partition coefficient (Wildman–Crippen LogP) is 2.87. The van der Waals surface area contributed by atoms with Gasteiger partial charge in [-0.3, -0.25) is 29.4 Å². The zero-order valence-corrected chi connectivity index (χ0v) is 20.1. The smallest absolute Gasteiger partial charge is 0.262 e. The Bertz CT molecular complexity index is 1100. The van der Waals surface area contributed by atoms with E-state index in [-0.39, 0.29) is 24.0 Å². The molecule has 0 radical (unpaired) electrons. The summed E-state index contributed by atoms with van der Waals surface area (Å²) < 4.78 is 16.9. The Hall–Kier alpha value is -3.56. The molecular weight excluding hydrogens is 464 g/mol. The number of fused-ring (bicyclic) bond motifs is 1. The molecule has 0 bridgehead atoms. The minimum atomic E-state index is -0.975. The lowest BCUT2D eigenvalue weighted by atomic mass is 10.0. The van der Waals surface area contributed by atoms with Gasteiger partial charge in [0.25, 0.3) is 11.8 Å². The van der Waals surface area contributed by atoms with Crippen LogP contribution in [0.4, 0.5) is 0 Å². The number of rotatable bonds is 13. The average Bonchev–Trinajstić information content (AvgIpc) is 3.12. The molecule has 2 aromatic carbocycles. The molecule has 9 nitrogen and oxygen atoms in total. The summed E-state index contributed by atoms with van der Waals surface area (Å²) in [5.41, 5.74) is 1.59. The van der Waals surface area contributed by atoms with Crippen molar-refractivity contribution in [1.29, 1.82) is 0 Å². The quantitative estimate of drug-likeness (QED) is 0.337. The van der Waals surface area contributed by atoms with Crippen molar-refractivity contribution in [3.8, 4) is 5.75 Å². The van der Waals surface area contributed by atoms with Gasteiger partial charge in [0.2, 0.25) is 11.8 Å². The molecule has 36 heavy (non-hydrogen) atoms. The summed E-state index contributed by atoms with van der Waals surface area (Å²) in [6, 6.07) is 13.8. The third kappa shape index (κ3) is 6.35. The zero-order valence-electron chi connectivity index (χ0n) is 20.1. The summed E-state index contributed by atoms with van der Waals surface area (Å²) >= 11 is 0. The average molecular weight is 495 g/mol. The Morgan fingerprint density at radius 2 is 1.56 bits per heavy atom. The van der Waals surface area contributed by atoms with Gasteiger partial charge in [0.05, 0.1) is 37.6 Å². The summed E-state index contributed by atoms with van der Waals surface area (Å²) in [7, 11) is 0. The number of hydrogen-bond acceptors (Lipinski definition) is 7. The van der Waals surface area contributed by atoms with Gasteiger partial charge in [-0.15, -0.1) is 0 Å². The van der Waals surface area contributed by atoms with Crippen LogP contribution in [0.25, 0.3) is 0 Å². The normalized spacial score (nSPS) is 17.3. The number of nitrogens with zero attached hydrogens (tertiary/aromatic N) is 1. The van der Waals surface area contributed by atoms with Crippen molar-refractivity contribution in [2.45, 2.75) is 44.8 Å². The maximum atomic E-state index is 12.9. The second-order valence-electron chi connectivity index (χ2n) is 8.71. The molecule has 0 aromatic heterocycles. The van der Waals surface area contributed by atoms with Crippen molar-refractivity contribution >= 4 is 23.6 Å². The number of benzene rings is 2. The predicted molar refractivity (Wildman–Crippen MR) is 129 cm³/mol. The van der Waals surface area contributed by atoms with Gasteiger partial charge in [-0.25, -0.2) is 0 Å². The highest BCUT2D eigenvalue weighted by atomic mass is 16.5. The first kappa shape index (κ1) is 25.5. The lowest BCUT2D eigenvalue weighted by Gasteiger charge is -2.27. The van der Waals surface area contributed by atoms with Gasteiger partial charge in [-0.1, -0.05) is 30.3 Å². The molecule has 4 amide bonds. The molecule has 1 saturated heterocycles. The van der Waals surface area contributed by atoms with Crippen molar-refractivity contribution in [3.63, 3.8) is 0 Å². The molecule has 1 unspecified atom stereocenters. The number of hydrogen-bond donors (Lipinski definition) is 1. The summed E-state index contributed by atoms with van der Waals surface area (Å²) in [4.78, 5) is 50.1. The SMILES string of the molecule is O=C1CCC(N2C(=O)c3ccc(OCCCCCOCCOCc4ccccc4)cc3C2=O)C(=O)N1. The molecule has 2 aliphatic heterocycles. The fourth-order valence-corrected chi connectivity index (χ4v) is 4.20. The fourth-order valence-electron chi connectivity index (χ4n) is 4.20. The lowest BCUT2D eigenvalue weighted by Crippen LogP contribution is -2.54. The summed E-state index contributed by atoms with van der Waals surface area (Å²) in [6.07, 6.45) is 2.87. The van der Waals surface area contributed by atoms with Crippen molar-refractivity contribution in [3.05, 3.63) is 65.2 Å². The molecule has 190 valence electrons. The largest absolute Gasteiger partial charge is 0.494 e. The first-order chi connectivity index (χ1) is 17.5. The van der Waals surface area contributed by atoms with E-state index in [0.717, 1.165) is 29.7 Å². The highest BCUT2D eigenvalue weighted by molar-refractivity contribution is 6.23. The Labute approximate surface area is 209 Å². The fraction of sp³-hybridized carbons (Fsp3) is 0.407. The van der Waals surface area contributed by atoms with E-state index in [4.69, 9.17) is 14.2 Å². The first-order valence-corrected chi connectivity index (χ1v) is 12.2. The third-order valence-corrected chi connectivity index (χ3v) is 6.10. The van der Waals surface area contributed by atoms with Crippen LogP contribution in [0.5, 0.6) is 5.75 Å². The maximum Gasteiger partial charge on any atom is 0.262 e. The molecule has 1 fully saturated rings. The van der Waals surface area contributed by atoms with Crippen LogP contribution in [0.3, 0.4) is 0 Å². The van der Waals surface area contributed by atoms with E-state index >= 15 is 0 Å². The van der Waals surface area contributed by atoms with Crippen LogP contribution in [0.2, 0.25) is 0 Å². The van der Waals surface area contributed by atoms with Crippen LogP contribution in [0, 0.1) is 0 Å². The topological polar surface area (TPSA) is 111 Å². The molecule has 1 atom stereocenters. The summed E-state index contributed by atoms with van der Waals surface area (Å²) in [5, 5.41) is 2.19. The molecule has 2 aliphatic rings. The van der Waals surface area contributed by atoms with Gasteiger partial charge in [0.15, 0.2) is 0 Å². The van der Waals surface area contributed by atoms with Gasteiger partial charge in [0, 0.05) is 13.0 Å². The number of carbonyl (C=O) groups excluding carboxylic acids is 4. The van der Waals surface area contributed by atoms with Crippen LogP contribution < -0.4 is 10.1 Å². The van der Waals surface area contributed by atoms with Crippen LogP contribution in [-0.2, 0) is 25.7 Å². The van der Waals surface area contributed by atoms with Crippen molar-refractivity contribution < 1.29 is 33.4 Å². The molecule has 4 rings (SSSR count). The molecule has 0 spiro atoms. The number of piperidine rings is 1. The van der Waals surface area contributed by atoms with Gasteiger partial charge in [0.1, 0.15) is 11.8 Å². The minimum absolute atomic E-state index is 0.0885. The van der Waals surface area contributed by atoms with Crippen molar-refractivity contribution in [2.75, 3.05) is 26.4 Å². The van der Waals surface area contributed by atoms with E-state index in [1.54, 1.807) is 18.2 Å². The Morgan fingerprint density at radius 1 is 0.806 bits per heavy atom. The monoisotopic (exact) mass is 494 g/mol. The number of nitrogens with one attached hydrogen (secondary N) is 1. The van der Waals surface area contributed by atoms with Gasteiger partial charge < -0.3 is 14.2 Å². The standard InChI is InChI=1S/C27H30N2O7/c30-24-12-11-23(25(31)28-24)29-26(32)21-10-9-20(17-22(21)27(29)33)36-14-6-2-5-13-34-15-16-35-18-19-7-3-1-4-8-19/h1,3-4,7-10,17,23H,2,5-6,11-16,18H2,(H,28,30,31). The Kier molecular flexibility index (Phi) is 8.80. The number of imide groups is 2. The summed E-state index contributed by atoms with van der Waals surface area (Å²) in [5.74, 6) is -1.60. The van der Waals surface area contributed by atoms with Crippen LogP contribution >= 0.6 is 0 Å². The zero-order chi connectivity index (χ0) is 25.3. The molecular formula is C27H30N2O7. The molecule has 9 heteroatoms. The first-order valence-electron chi connectivity index (χ1n) is 12.2. The molecule has 0 aliphatic carbocycles. The number of amides is 4. The highest BCUT2D eigenvalue weighted by Crippen LogP contribution is 2.30. The number of ether oxygens (including phenoxy) is 3. The maximum absolute atomic E-state index is 12.9. The second kappa shape index (κ2) is 12.4. The second-order valence-corrected chi connectivity index (χ2v) is 8.71. The van der Waals surface area contributed by atoms with E-state index < -0.39 is 29.7 Å². The van der Waals surface area contributed by atoms with Gasteiger partial charge >= 0.3 is 0 Å². The summed E-state index contributed by atoms with van der Waals surface area (Å²) in [6.45, 7) is 2.82. The Balaban J connectivity index is 1.12. The Morgan fingerprint density at radius 3 is 2.36 bits per heavy atom.